The lowest BCUT2D eigenvalue weighted by atomic mass is 10.1. The third kappa shape index (κ3) is 3.17. The van der Waals surface area contributed by atoms with E-state index in [-0.39, 0.29) is 28.2 Å². The van der Waals surface area contributed by atoms with Crippen LogP contribution in [0.5, 0.6) is 0 Å². The van der Waals surface area contributed by atoms with Crippen molar-refractivity contribution in [2.75, 3.05) is 6.61 Å². The lowest BCUT2D eigenvalue weighted by Crippen LogP contribution is -2.07. The van der Waals surface area contributed by atoms with Crippen LogP contribution in [-0.4, -0.2) is 17.5 Å². The summed E-state index contributed by atoms with van der Waals surface area (Å²) in [5.74, 6) is -0.588. The minimum Gasteiger partial charge on any atom is -0.462 e. The molecule has 5 nitrogen and oxygen atoms in total. The molecule has 0 aromatic heterocycles. The van der Waals surface area contributed by atoms with E-state index in [1.165, 1.54) is 6.07 Å². The number of nitrogens with zero attached hydrogens (tertiary/aromatic N) is 1. The Morgan fingerprint density at radius 3 is 2.71 bits per heavy atom. The third-order valence-electron chi connectivity index (χ3n) is 2.00. The molecule has 1 rings (SSSR count). The van der Waals surface area contributed by atoms with E-state index in [0.717, 1.165) is 6.07 Å². The van der Waals surface area contributed by atoms with Crippen LogP contribution in [0.15, 0.2) is 12.1 Å². The summed E-state index contributed by atoms with van der Waals surface area (Å²) in [6, 6.07) is 2.53. The van der Waals surface area contributed by atoms with Gasteiger partial charge in [-0.1, -0.05) is 27.5 Å². The summed E-state index contributed by atoms with van der Waals surface area (Å²) in [4.78, 5) is 21.7. The number of nitro groups is 1. The Bertz CT molecular complexity index is 464. The molecule has 0 aliphatic carbocycles. The summed E-state index contributed by atoms with van der Waals surface area (Å²) in [5.41, 5.74) is 0.385. The number of rotatable bonds is 4. The van der Waals surface area contributed by atoms with Gasteiger partial charge in [-0.3, -0.25) is 10.1 Å². The van der Waals surface area contributed by atoms with Crippen molar-refractivity contribution in [3.63, 3.8) is 0 Å². The zero-order valence-electron chi connectivity index (χ0n) is 8.91. The second-order valence-corrected chi connectivity index (χ2v) is 4.04. The molecule has 0 radical (unpaired) electrons. The van der Waals surface area contributed by atoms with E-state index in [1.807, 2.05) is 0 Å². The molecule has 0 fully saturated rings. The van der Waals surface area contributed by atoms with Crippen LogP contribution in [0.25, 0.3) is 0 Å². The second-order valence-electron chi connectivity index (χ2n) is 3.07. The average molecular weight is 323 g/mol. The topological polar surface area (TPSA) is 69.4 Å². The molecule has 0 saturated heterocycles. The highest BCUT2D eigenvalue weighted by molar-refractivity contribution is 9.08. The highest BCUT2D eigenvalue weighted by atomic mass is 79.9. The quantitative estimate of drug-likeness (QED) is 0.369. The zero-order valence-corrected chi connectivity index (χ0v) is 11.2. The van der Waals surface area contributed by atoms with Gasteiger partial charge in [0.05, 0.1) is 22.1 Å². The van der Waals surface area contributed by atoms with Crippen LogP contribution < -0.4 is 0 Å². The molecule has 0 aliphatic heterocycles. The smallest absolute Gasteiger partial charge is 0.339 e. The van der Waals surface area contributed by atoms with Gasteiger partial charge in [-0.25, -0.2) is 4.79 Å². The maximum absolute atomic E-state index is 11.5. The number of carbonyl (C=O) groups excluding carboxylic acids is 1. The number of esters is 1. The van der Waals surface area contributed by atoms with E-state index in [0.29, 0.717) is 5.56 Å². The summed E-state index contributed by atoms with van der Waals surface area (Å²) in [7, 11) is 0. The van der Waals surface area contributed by atoms with E-state index in [4.69, 9.17) is 16.3 Å². The summed E-state index contributed by atoms with van der Waals surface area (Å²) in [6.45, 7) is 1.89. The minimum absolute atomic E-state index is 0.0138. The van der Waals surface area contributed by atoms with Gasteiger partial charge in [0.25, 0.3) is 5.69 Å². The summed E-state index contributed by atoms with van der Waals surface area (Å²) >= 11 is 8.94. The number of benzene rings is 1. The molecule has 0 saturated carbocycles. The molecule has 0 bridgehead atoms. The van der Waals surface area contributed by atoms with Crippen molar-refractivity contribution in [1.82, 2.24) is 0 Å². The minimum atomic E-state index is -0.588. The Kier molecular flexibility index (Phi) is 4.89. The number of nitro benzene ring substituents is 1. The molecule has 0 atom stereocenters. The Morgan fingerprint density at radius 2 is 2.24 bits per heavy atom. The molecule has 0 unspecified atom stereocenters. The van der Waals surface area contributed by atoms with Crippen molar-refractivity contribution >= 4 is 39.2 Å². The first-order chi connectivity index (χ1) is 8.01. The van der Waals surface area contributed by atoms with Crippen molar-refractivity contribution in [3.8, 4) is 0 Å². The SMILES string of the molecule is CCOC(=O)c1cc(CBr)c([N+](=O)[O-])cc1Cl. The van der Waals surface area contributed by atoms with Crippen LogP contribution in [0.4, 0.5) is 5.69 Å². The zero-order chi connectivity index (χ0) is 13.0. The molecule has 7 heteroatoms. The monoisotopic (exact) mass is 321 g/mol. The fraction of sp³-hybridized carbons (Fsp3) is 0.300. The van der Waals surface area contributed by atoms with Crippen molar-refractivity contribution in [2.24, 2.45) is 0 Å². The molecule has 1 aromatic carbocycles. The van der Waals surface area contributed by atoms with Crippen molar-refractivity contribution < 1.29 is 14.5 Å². The van der Waals surface area contributed by atoms with Crippen LogP contribution in [0.2, 0.25) is 5.02 Å². The highest BCUT2D eigenvalue weighted by Crippen LogP contribution is 2.29. The van der Waals surface area contributed by atoms with E-state index in [9.17, 15) is 14.9 Å². The molecule has 0 aliphatic rings. The van der Waals surface area contributed by atoms with Crippen LogP contribution in [0, 0.1) is 10.1 Å². The van der Waals surface area contributed by atoms with Crippen LogP contribution in [0.1, 0.15) is 22.8 Å². The van der Waals surface area contributed by atoms with Crippen molar-refractivity contribution in [2.45, 2.75) is 12.3 Å². The number of hydrogen-bond acceptors (Lipinski definition) is 4. The average Bonchev–Trinajstić information content (AvgIpc) is 2.28. The second kappa shape index (κ2) is 5.97. The molecule has 17 heavy (non-hydrogen) atoms. The lowest BCUT2D eigenvalue weighted by molar-refractivity contribution is -0.385. The van der Waals surface area contributed by atoms with E-state index < -0.39 is 10.9 Å². The highest BCUT2D eigenvalue weighted by Gasteiger charge is 2.20. The van der Waals surface area contributed by atoms with E-state index in [1.54, 1.807) is 6.92 Å². The van der Waals surface area contributed by atoms with Gasteiger partial charge in [0.2, 0.25) is 0 Å². The Balaban J connectivity index is 3.27. The predicted octanol–water partition coefficient (Wildman–Crippen LogP) is 3.32. The molecule has 1 aromatic rings. The van der Waals surface area contributed by atoms with Gasteiger partial charge in [-0.2, -0.15) is 0 Å². The Labute approximate surface area is 111 Å². The largest absolute Gasteiger partial charge is 0.462 e. The van der Waals surface area contributed by atoms with Gasteiger partial charge in [0.15, 0.2) is 0 Å². The molecule has 0 heterocycles. The van der Waals surface area contributed by atoms with Crippen molar-refractivity contribution in [1.29, 1.82) is 0 Å². The van der Waals surface area contributed by atoms with Crippen LogP contribution in [-0.2, 0) is 10.1 Å². The number of ether oxygens (including phenoxy) is 1. The van der Waals surface area contributed by atoms with Crippen LogP contribution in [0.3, 0.4) is 0 Å². The molecule has 0 N–H and O–H groups in total. The number of carbonyl (C=O) groups is 1. The predicted molar refractivity (Wildman–Crippen MR) is 66.7 cm³/mol. The Hall–Kier alpha value is -1.14. The van der Waals surface area contributed by atoms with Gasteiger partial charge in [-0.15, -0.1) is 0 Å². The molecular formula is C10H9BrClNO4. The van der Waals surface area contributed by atoms with Crippen molar-refractivity contribution in [3.05, 3.63) is 38.4 Å². The number of alkyl halides is 1. The fourth-order valence-electron chi connectivity index (χ4n) is 1.25. The van der Waals surface area contributed by atoms with Gasteiger partial charge < -0.3 is 4.74 Å². The summed E-state index contributed by atoms with van der Waals surface area (Å²) < 4.78 is 4.80. The third-order valence-corrected chi connectivity index (χ3v) is 2.92. The first-order valence-electron chi connectivity index (χ1n) is 4.71. The van der Waals surface area contributed by atoms with Gasteiger partial charge >= 0.3 is 5.97 Å². The Morgan fingerprint density at radius 1 is 1.59 bits per heavy atom. The van der Waals surface area contributed by atoms with E-state index >= 15 is 0 Å². The van der Waals surface area contributed by atoms with E-state index in [2.05, 4.69) is 15.9 Å². The molecule has 0 spiro atoms. The summed E-state index contributed by atoms with van der Waals surface area (Å²) in [6.07, 6.45) is 0. The molecule has 0 amide bonds. The molecular weight excluding hydrogens is 313 g/mol. The first-order valence-corrected chi connectivity index (χ1v) is 6.21. The van der Waals surface area contributed by atoms with Gasteiger partial charge in [0.1, 0.15) is 0 Å². The molecule has 92 valence electrons. The first kappa shape index (κ1) is 13.9. The maximum atomic E-state index is 11.5. The maximum Gasteiger partial charge on any atom is 0.339 e. The standard InChI is InChI=1S/C10H9BrClNO4/c1-2-17-10(14)7-3-6(5-11)9(13(15)16)4-8(7)12/h3-4H,2,5H2,1H3. The summed E-state index contributed by atoms with van der Waals surface area (Å²) in [5, 5.41) is 11.0. The normalized spacial score (nSPS) is 10.1. The number of hydrogen-bond donors (Lipinski definition) is 0. The number of halogens is 2. The lowest BCUT2D eigenvalue weighted by Gasteiger charge is -2.06. The van der Waals surface area contributed by atoms with Crippen LogP contribution >= 0.6 is 27.5 Å². The van der Waals surface area contributed by atoms with Gasteiger partial charge in [0, 0.05) is 17.0 Å². The fourth-order valence-corrected chi connectivity index (χ4v) is 1.93. The van der Waals surface area contributed by atoms with Gasteiger partial charge in [-0.05, 0) is 13.0 Å².